The summed E-state index contributed by atoms with van der Waals surface area (Å²) in [7, 11) is 3.71. The molecule has 0 bridgehead atoms. The van der Waals surface area contributed by atoms with Gasteiger partial charge in [0.05, 0.1) is 12.0 Å². The number of nitrogens with zero attached hydrogens (tertiary/aromatic N) is 3. The Bertz CT molecular complexity index is 982. The van der Waals surface area contributed by atoms with Gasteiger partial charge in [0.15, 0.2) is 23.1 Å². The summed E-state index contributed by atoms with van der Waals surface area (Å²) in [5, 5.41) is 3.61. The molecular weight excluding hydrogens is 356 g/mol. The van der Waals surface area contributed by atoms with Crippen molar-refractivity contribution in [1.82, 2.24) is 10.1 Å². The van der Waals surface area contributed by atoms with Crippen LogP contribution >= 0.6 is 0 Å². The molecule has 0 aliphatic heterocycles. The molecule has 0 saturated carbocycles. The van der Waals surface area contributed by atoms with Crippen LogP contribution in [0.5, 0.6) is 5.75 Å². The molecule has 0 amide bonds. The van der Waals surface area contributed by atoms with E-state index in [1.165, 1.54) is 12.1 Å². The van der Waals surface area contributed by atoms with Crippen molar-refractivity contribution in [2.45, 2.75) is 0 Å². The molecule has 0 N–H and O–H groups in total. The van der Waals surface area contributed by atoms with Crippen LogP contribution in [0.2, 0.25) is 0 Å². The highest BCUT2D eigenvalue weighted by Crippen LogP contribution is 2.24. The number of carbonyl (C=O) groups is 1. The van der Waals surface area contributed by atoms with Gasteiger partial charge in [-0.3, -0.25) is 0 Å². The van der Waals surface area contributed by atoms with Crippen molar-refractivity contribution in [2.75, 3.05) is 14.1 Å². The maximum absolute atomic E-state index is 13.3. The Morgan fingerprint density at radius 3 is 2.52 bits per heavy atom. The third-order valence-electron chi connectivity index (χ3n) is 3.41. The van der Waals surface area contributed by atoms with Gasteiger partial charge in [-0.05, 0) is 42.5 Å². The molecule has 0 atom stereocenters. The predicted molar refractivity (Wildman–Crippen MR) is 95.1 cm³/mol. The fraction of sp³-hybridized carbons (Fsp3) is 0.105. The lowest BCUT2D eigenvalue weighted by molar-refractivity contribution is 0.0724. The first kappa shape index (κ1) is 18.2. The molecule has 1 heterocycles. The fourth-order valence-corrected chi connectivity index (χ4v) is 2.10. The van der Waals surface area contributed by atoms with Crippen molar-refractivity contribution in [2.24, 2.45) is 4.99 Å². The molecule has 0 unspecified atom stereocenters. The van der Waals surface area contributed by atoms with Crippen molar-refractivity contribution in [1.29, 1.82) is 0 Å². The van der Waals surface area contributed by atoms with Gasteiger partial charge in [-0.1, -0.05) is 5.16 Å². The van der Waals surface area contributed by atoms with Crippen LogP contribution in [0.25, 0.3) is 11.3 Å². The van der Waals surface area contributed by atoms with Crippen molar-refractivity contribution in [3.63, 3.8) is 0 Å². The molecule has 3 aromatic rings. The summed E-state index contributed by atoms with van der Waals surface area (Å²) in [6.45, 7) is 0. The lowest BCUT2D eigenvalue weighted by atomic mass is 10.1. The largest absolute Gasteiger partial charge is 0.422 e. The van der Waals surface area contributed by atoms with Gasteiger partial charge in [-0.15, -0.1) is 0 Å². The van der Waals surface area contributed by atoms with E-state index in [2.05, 4.69) is 10.1 Å². The van der Waals surface area contributed by atoms with Crippen molar-refractivity contribution < 1.29 is 22.8 Å². The minimum Gasteiger partial charge on any atom is -0.422 e. The molecule has 1 aromatic heterocycles. The number of rotatable bonds is 5. The molecule has 6 nitrogen and oxygen atoms in total. The summed E-state index contributed by atoms with van der Waals surface area (Å²) in [6, 6.07) is 11.1. The van der Waals surface area contributed by atoms with Gasteiger partial charge in [-0.2, -0.15) is 0 Å². The van der Waals surface area contributed by atoms with Gasteiger partial charge >= 0.3 is 5.97 Å². The lowest BCUT2D eigenvalue weighted by Gasteiger charge is -2.04. The number of hydrogen-bond donors (Lipinski definition) is 0. The quantitative estimate of drug-likeness (QED) is 0.293. The van der Waals surface area contributed by atoms with E-state index in [1.807, 2.05) is 14.1 Å². The van der Waals surface area contributed by atoms with Gasteiger partial charge in [0, 0.05) is 25.7 Å². The fourth-order valence-electron chi connectivity index (χ4n) is 2.10. The number of aliphatic imine (C=N–C) groups is 1. The van der Waals surface area contributed by atoms with E-state index in [0.29, 0.717) is 11.4 Å². The van der Waals surface area contributed by atoms with Crippen molar-refractivity contribution >= 4 is 18.0 Å². The van der Waals surface area contributed by atoms with Crippen LogP contribution in [0.3, 0.4) is 0 Å². The van der Waals surface area contributed by atoms with Crippen LogP contribution in [0.4, 0.5) is 14.5 Å². The number of aromatic nitrogens is 1. The van der Waals surface area contributed by atoms with Crippen LogP contribution in [-0.2, 0) is 0 Å². The zero-order valence-corrected chi connectivity index (χ0v) is 14.5. The second kappa shape index (κ2) is 7.77. The zero-order valence-electron chi connectivity index (χ0n) is 14.5. The van der Waals surface area contributed by atoms with Crippen LogP contribution in [0.1, 0.15) is 10.5 Å². The van der Waals surface area contributed by atoms with E-state index in [-0.39, 0.29) is 17.0 Å². The number of hydrogen-bond acceptors (Lipinski definition) is 5. The average molecular weight is 371 g/mol. The Morgan fingerprint density at radius 2 is 1.85 bits per heavy atom. The standard InChI is InChI=1S/C19H15F2N3O3/c1-24(2)11-22-13-4-6-14(7-5-13)26-19(25)17-10-18(27-23-17)12-3-8-15(20)16(21)9-12/h3-11H,1-2H3. The van der Waals surface area contributed by atoms with Gasteiger partial charge in [0.2, 0.25) is 0 Å². The van der Waals surface area contributed by atoms with Gasteiger partial charge < -0.3 is 14.2 Å². The topological polar surface area (TPSA) is 67.9 Å². The Hall–Kier alpha value is -3.55. The molecule has 0 aliphatic carbocycles. The normalized spacial score (nSPS) is 11.0. The van der Waals surface area contributed by atoms with Gasteiger partial charge in [0.1, 0.15) is 5.75 Å². The van der Waals surface area contributed by atoms with E-state index >= 15 is 0 Å². The van der Waals surface area contributed by atoms with Gasteiger partial charge in [-0.25, -0.2) is 18.6 Å². The number of benzene rings is 2. The summed E-state index contributed by atoms with van der Waals surface area (Å²) in [5.41, 5.74) is 0.860. The smallest absolute Gasteiger partial charge is 0.365 e. The maximum Gasteiger partial charge on any atom is 0.365 e. The second-order valence-corrected chi connectivity index (χ2v) is 5.80. The number of ether oxygens (including phenoxy) is 1. The zero-order chi connectivity index (χ0) is 19.4. The summed E-state index contributed by atoms with van der Waals surface area (Å²) in [4.78, 5) is 18.2. The third kappa shape index (κ3) is 4.55. The minimum absolute atomic E-state index is 0.0931. The predicted octanol–water partition coefficient (Wildman–Crippen LogP) is 4.06. The highest BCUT2D eigenvalue weighted by molar-refractivity contribution is 5.90. The SMILES string of the molecule is CN(C)C=Nc1ccc(OC(=O)c2cc(-c3ccc(F)c(F)c3)on2)cc1. The summed E-state index contributed by atoms with van der Waals surface area (Å²) in [5.74, 6) is -2.31. The Labute approximate surface area is 153 Å². The van der Waals surface area contributed by atoms with Crippen LogP contribution < -0.4 is 4.74 Å². The van der Waals surface area contributed by atoms with Crippen LogP contribution in [-0.4, -0.2) is 36.5 Å². The maximum atomic E-state index is 13.3. The van der Waals surface area contributed by atoms with Gasteiger partial charge in [0.25, 0.3) is 0 Å². The number of esters is 1. The molecule has 3 rings (SSSR count). The Balaban J connectivity index is 1.70. The van der Waals surface area contributed by atoms with Crippen molar-refractivity contribution in [3.05, 3.63) is 65.9 Å². The first-order chi connectivity index (χ1) is 12.9. The molecule has 0 radical (unpaired) electrons. The monoisotopic (exact) mass is 371 g/mol. The third-order valence-corrected chi connectivity index (χ3v) is 3.41. The second-order valence-electron chi connectivity index (χ2n) is 5.80. The average Bonchev–Trinajstić information content (AvgIpc) is 3.13. The first-order valence-electron chi connectivity index (χ1n) is 7.87. The molecule has 0 spiro atoms. The molecule has 27 heavy (non-hydrogen) atoms. The van der Waals surface area contributed by atoms with Crippen molar-refractivity contribution in [3.8, 4) is 17.1 Å². The molecule has 2 aromatic carbocycles. The summed E-state index contributed by atoms with van der Waals surface area (Å²) in [6.07, 6.45) is 1.65. The van der Waals surface area contributed by atoms with Crippen LogP contribution in [0.15, 0.2) is 58.0 Å². The highest BCUT2D eigenvalue weighted by Gasteiger charge is 2.17. The molecule has 0 aliphatic rings. The number of carbonyl (C=O) groups excluding carboxylic acids is 1. The molecule has 138 valence electrons. The minimum atomic E-state index is -1.02. The first-order valence-corrected chi connectivity index (χ1v) is 7.87. The van der Waals surface area contributed by atoms with E-state index in [0.717, 1.165) is 12.1 Å². The van der Waals surface area contributed by atoms with E-state index < -0.39 is 17.6 Å². The highest BCUT2D eigenvalue weighted by atomic mass is 19.2. The number of halogens is 2. The molecular formula is C19H15F2N3O3. The van der Waals surface area contributed by atoms with E-state index in [4.69, 9.17) is 9.26 Å². The van der Waals surface area contributed by atoms with E-state index in [1.54, 1.807) is 35.5 Å². The summed E-state index contributed by atoms with van der Waals surface area (Å²) >= 11 is 0. The van der Waals surface area contributed by atoms with E-state index in [9.17, 15) is 13.6 Å². The molecule has 0 saturated heterocycles. The van der Waals surface area contributed by atoms with Crippen LogP contribution in [0, 0.1) is 11.6 Å². The Morgan fingerprint density at radius 1 is 1.11 bits per heavy atom. The molecule has 8 heteroatoms. The molecule has 0 fully saturated rings. The summed E-state index contributed by atoms with van der Waals surface area (Å²) < 4.78 is 36.5. The Kier molecular flexibility index (Phi) is 5.25. The lowest BCUT2D eigenvalue weighted by Crippen LogP contribution is -2.08.